The fourth-order valence-corrected chi connectivity index (χ4v) is 4.33. The van der Waals surface area contributed by atoms with Gasteiger partial charge in [0, 0.05) is 23.5 Å². The Hall–Kier alpha value is -1.81. The van der Waals surface area contributed by atoms with E-state index < -0.39 is 0 Å². The number of likely N-dealkylation sites (tertiary alicyclic amines) is 1. The Kier molecular flexibility index (Phi) is 3.19. The first-order chi connectivity index (χ1) is 10.3. The number of nitrogens with zero attached hydrogens (tertiary/aromatic N) is 1. The van der Waals surface area contributed by atoms with Crippen LogP contribution < -0.4 is 5.32 Å². The van der Waals surface area contributed by atoms with Gasteiger partial charge in [0.25, 0.3) is 0 Å². The quantitative estimate of drug-likeness (QED) is 0.921. The molecule has 1 unspecified atom stereocenters. The lowest BCUT2D eigenvalue weighted by Crippen LogP contribution is -2.41. The van der Waals surface area contributed by atoms with Crippen molar-refractivity contribution in [3.63, 3.8) is 0 Å². The molecule has 1 N–H and O–H groups in total. The average molecular weight is 298 g/mol. The summed E-state index contributed by atoms with van der Waals surface area (Å²) in [5.41, 5.74) is 2.37. The Morgan fingerprint density at radius 1 is 1.24 bits per heavy atom. The summed E-state index contributed by atoms with van der Waals surface area (Å²) in [6.07, 6.45) is 3.00. The van der Waals surface area contributed by atoms with Gasteiger partial charge in [0.1, 0.15) is 6.04 Å². The second kappa shape index (κ2) is 5.19. The molecule has 0 saturated carbocycles. The number of carbonyl (C=O) groups is 1. The number of para-hydroxylation sites is 1. The largest absolute Gasteiger partial charge is 0.373 e. The molecule has 2 aliphatic heterocycles. The van der Waals surface area contributed by atoms with Gasteiger partial charge in [-0.15, -0.1) is 11.3 Å². The molecule has 2 aromatic rings. The maximum Gasteiger partial charge on any atom is 0.245 e. The van der Waals surface area contributed by atoms with E-state index in [1.807, 2.05) is 12.1 Å². The molecule has 1 aromatic heterocycles. The van der Waals surface area contributed by atoms with Crippen LogP contribution in [-0.4, -0.2) is 23.4 Å². The lowest BCUT2D eigenvalue weighted by molar-refractivity contribution is -0.132. The Morgan fingerprint density at radius 2 is 2.14 bits per heavy atom. The smallest absolute Gasteiger partial charge is 0.245 e. The minimum atomic E-state index is -0.0945. The van der Waals surface area contributed by atoms with Crippen LogP contribution in [0.15, 0.2) is 41.8 Å². The van der Waals surface area contributed by atoms with E-state index in [0.29, 0.717) is 0 Å². The number of amides is 1. The molecular weight excluding hydrogens is 280 g/mol. The maximum absolute atomic E-state index is 12.9. The summed E-state index contributed by atoms with van der Waals surface area (Å²) in [6, 6.07) is 12.6. The highest BCUT2D eigenvalue weighted by molar-refractivity contribution is 7.10. The Bertz CT molecular complexity index is 628. The highest BCUT2D eigenvalue weighted by Gasteiger charge is 2.36. The molecule has 1 saturated heterocycles. The van der Waals surface area contributed by atoms with E-state index in [-0.39, 0.29) is 18.0 Å². The number of rotatable bonds is 2. The number of benzene rings is 1. The number of anilines is 1. The van der Waals surface area contributed by atoms with Crippen molar-refractivity contribution >= 4 is 22.9 Å². The fourth-order valence-electron chi connectivity index (χ4n) is 3.45. The first-order valence-corrected chi connectivity index (χ1v) is 8.39. The SMILES string of the molecule is O=C([C@@H]1Cc2ccccc2N1)N1CCCC1c1cccs1. The second-order valence-corrected chi connectivity index (χ2v) is 6.74. The van der Waals surface area contributed by atoms with E-state index in [1.54, 1.807) is 11.3 Å². The van der Waals surface area contributed by atoms with Gasteiger partial charge in [-0.3, -0.25) is 4.79 Å². The normalized spacial score (nSPS) is 23.9. The van der Waals surface area contributed by atoms with Crippen LogP contribution in [0.4, 0.5) is 5.69 Å². The third-order valence-electron chi connectivity index (χ3n) is 4.48. The first-order valence-electron chi connectivity index (χ1n) is 7.51. The van der Waals surface area contributed by atoms with Gasteiger partial charge in [-0.05, 0) is 35.9 Å². The zero-order chi connectivity index (χ0) is 14.2. The first kappa shape index (κ1) is 12.9. The lowest BCUT2D eigenvalue weighted by Gasteiger charge is -2.27. The molecule has 4 heteroatoms. The van der Waals surface area contributed by atoms with Crippen LogP contribution in [-0.2, 0) is 11.2 Å². The molecule has 21 heavy (non-hydrogen) atoms. The molecule has 1 aromatic carbocycles. The van der Waals surface area contributed by atoms with Gasteiger partial charge in [-0.25, -0.2) is 0 Å². The summed E-state index contributed by atoms with van der Waals surface area (Å²) < 4.78 is 0. The van der Waals surface area contributed by atoms with E-state index in [1.165, 1.54) is 10.4 Å². The molecule has 0 radical (unpaired) electrons. The number of fused-ring (bicyclic) bond motifs is 1. The molecule has 108 valence electrons. The zero-order valence-electron chi connectivity index (χ0n) is 11.8. The molecule has 3 heterocycles. The topological polar surface area (TPSA) is 32.3 Å². The van der Waals surface area contributed by atoms with Crippen LogP contribution >= 0.6 is 11.3 Å². The number of thiophene rings is 1. The summed E-state index contributed by atoms with van der Waals surface area (Å²) in [6.45, 7) is 0.885. The van der Waals surface area contributed by atoms with Gasteiger partial charge in [0.15, 0.2) is 0 Å². The van der Waals surface area contributed by atoms with Crippen LogP contribution in [0.25, 0.3) is 0 Å². The molecule has 0 spiro atoms. The third kappa shape index (κ3) is 2.23. The van der Waals surface area contributed by atoms with Crippen molar-refractivity contribution in [1.82, 2.24) is 4.90 Å². The maximum atomic E-state index is 12.9. The van der Waals surface area contributed by atoms with Gasteiger partial charge in [0.2, 0.25) is 5.91 Å². The lowest BCUT2D eigenvalue weighted by atomic mass is 10.1. The van der Waals surface area contributed by atoms with Crippen LogP contribution in [0.5, 0.6) is 0 Å². The Labute approximate surface area is 128 Å². The van der Waals surface area contributed by atoms with Crippen molar-refractivity contribution in [1.29, 1.82) is 0 Å². The van der Waals surface area contributed by atoms with Gasteiger partial charge in [0.05, 0.1) is 6.04 Å². The van der Waals surface area contributed by atoms with Crippen molar-refractivity contribution in [2.24, 2.45) is 0 Å². The molecule has 0 aliphatic carbocycles. The summed E-state index contributed by atoms with van der Waals surface area (Å²) in [5.74, 6) is 0.252. The van der Waals surface area contributed by atoms with E-state index >= 15 is 0 Å². The minimum Gasteiger partial charge on any atom is -0.373 e. The standard InChI is InChI=1S/C17H18N2OS/c20-17(14-11-12-5-1-2-6-13(12)18-14)19-9-3-7-15(19)16-8-4-10-21-16/h1-2,4-6,8,10,14-15,18H,3,7,9,11H2/t14-,15?/m0/s1. The molecule has 0 bridgehead atoms. The van der Waals surface area contributed by atoms with E-state index in [2.05, 4.69) is 39.9 Å². The summed E-state index contributed by atoms with van der Waals surface area (Å²) in [4.78, 5) is 16.3. The number of nitrogens with one attached hydrogen (secondary N) is 1. The van der Waals surface area contributed by atoms with Crippen LogP contribution in [0, 0.1) is 0 Å². The third-order valence-corrected chi connectivity index (χ3v) is 5.45. The molecule has 1 amide bonds. The fraction of sp³-hybridized carbons (Fsp3) is 0.353. The van der Waals surface area contributed by atoms with Crippen molar-refractivity contribution in [3.8, 4) is 0 Å². The molecule has 4 rings (SSSR count). The molecule has 2 atom stereocenters. The van der Waals surface area contributed by atoms with Crippen LogP contribution in [0.3, 0.4) is 0 Å². The monoisotopic (exact) mass is 298 g/mol. The van der Waals surface area contributed by atoms with Gasteiger partial charge >= 0.3 is 0 Å². The zero-order valence-corrected chi connectivity index (χ0v) is 12.6. The summed E-state index contributed by atoms with van der Waals surface area (Å²) >= 11 is 1.76. The molecule has 1 fully saturated rings. The number of hydrogen-bond donors (Lipinski definition) is 1. The second-order valence-electron chi connectivity index (χ2n) is 5.76. The molecule has 3 nitrogen and oxygen atoms in total. The van der Waals surface area contributed by atoms with Gasteiger partial charge in [-0.1, -0.05) is 24.3 Å². The van der Waals surface area contributed by atoms with Crippen molar-refractivity contribution in [2.75, 3.05) is 11.9 Å². The Balaban J connectivity index is 1.53. The van der Waals surface area contributed by atoms with Crippen LogP contribution in [0.1, 0.15) is 29.3 Å². The molecular formula is C17H18N2OS. The van der Waals surface area contributed by atoms with Gasteiger partial charge in [-0.2, -0.15) is 0 Å². The number of hydrogen-bond acceptors (Lipinski definition) is 3. The minimum absolute atomic E-state index is 0.0945. The summed E-state index contributed by atoms with van der Waals surface area (Å²) in [7, 11) is 0. The highest BCUT2D eigenvalue weighted by Crippen LogP contribution is 2.36. The average Bonchev–Trinajstić information content (AvgIpc) is 3.23. The van der Waals surface area contributed by atoms with E-state index in [0.717, 1.165) is 31.5 Å². The van der Waals surface area contributed by atoms with E-state index in [4.69, 9.17) is 0 Å². The van der Waals surface area contributed by atoms with Gasteiger partial charge < -0.3 is 10.2 Å². The highest BCUT2D eigenvalue weighted by atomic mass is 32.1. The molecule has 2 aliphatic rings. The van der Waals surface area contributed by atoms with Crippen LogP contribution in [0.2, 0.25) is 0 Å². The number of carbonyl (C=O) groups excluding carboxylic acids is 1. The van der Waals surface area contributed by atoms with E-state index in [9.17, 15) is 4.79 Å². The van der Waals surface area contributed by atoms with Crippen molar-refractivity contribution in [3.05, 3.63) is 52.2 Å². The van der Waals surface area contributed by atoms with Crippen molar-refractivity contribution < 1.29 is 4.79 Å². The predicted molar refractivity (Wildman–Crippen MR) is 85.6 cm³/mol. The Morgan fingerprint density at radius 3 is 2.95 bits per heavy atom. The van der Waals surface area contributed by atoms with Crippen molar-refractivity contribution in [2.45, 2.75) is 31.3 Å². The summed E-state index contributed by atoms with van der Waals surface area (Å²) in [5, 5.41) is 5.49. The predicted octanol–water partition coefficient (Wildman–Crippen LogP) is 3.45.